The molecule has 0 saturated heterocycles. The van der Waals surface area contributed by atoms with E-state index in [9.17, 15) is 32.3 Å². The Balaban J connectivity index is 2.05. The third-order valence-corrected chi connectivity index (χ3v) is 3.83. The Bertz CT molecular complexity index is 1020. The number of nitrogens with one attached hydrogen (secondary N) is 1. The first kappa shape index (κ1) is 24.4. The smallest absolute Gasteiger partial charge is 0.462 e. The molecule has 2 rings (SSSR count). The van der Waals surface area contributed by atoms with Crippen LogP contribution in [-0.2, 0) is 14.3 Å². The number of alkyl halides is 3. The van der Waals surface area contributed by atoms with Crippen LogP contribution in [0.25, 0.3) is 0 Å². The molecule has 172 valence electrons. The zero-order valence-electron chi connectivity index (χ0n) is 17.1. The highest BCUT2D eigenvalue weighted by molar-refractivity contribution is 6.10. The van der Waals surface area contributed by atoms with Crippen LogP contribution in [0.15, 0.2) is 28.7 Å². The molecule has 12 heteroatoms. The Morgan fingerprint density at radius 3 is 2.16 bits per heavy atom. The van der Waals surface area contributed by atoms with E-state index in [1.54, 1.807) is 6.92 Å². The minimum absolute atomic E-state index is 0.0121. The average molecular weight is 457 g/mol. The number of benzene rings is 1. The first-order valence-corrected chi connectivity index (χ1v) is 9.07. The fourth-order valence-electron chi connectivity index (χ4n) is 2.62. The number of rotatable bonds is 8. The maximum Gasteiger partial charge on any atom is 0.573 e. The molecule has 9 nitrogen and oxygen atoms in total. The molecular weight excluding hydrogens is 439 g/mol. The van der Waals surface area contributed by atoms with Gasteiger partial charge in [0.15, 0.2) is 12.4 Å². The number of ketones is 1. The van der Waals surface area contributed by atoms with Crippen LogP contribution in [-0.4, -0.2) is 43.2 Å². The highest BCUT2D eigenvalue weighted by Crippen LogP contribution is 2.28. The van der Waals surface area contributed by atoms with Crippen molar-refractivity contribution >= 4 is 29.5 Å². The number of furan rings is 1. The lowest BCUT2D eigenvalue weighted by Crippen LogP contribution is -2.22. The van der Waals surface area contributed by atoms with E-state index in [0.29, 0.717) is 0 Å². The van der Waals surface area contributed by atoms with Crippen molar-refractivity contribution < 1.29 is 51.0 Å². The number of esters is 2. The number of hydrogen-bond donors (Lipinski definition) is 1. The summed E-state index contributed by atoms with van der Waals surface area (Å²) >= 11 is 0. The Morgan fingerprint density at radius 1 is 1.00 bits per heavy atom. The van der Waals surface area contributed by atoms with Gasteiger partial charge in [-0.1, -0.05) is 0 Å². The van der Waals surface area contributed by atoms with Gasteiger partial charge in [0.25, 0.3) is 5.91 Å². The fourth-order valence-corrected chi connectivity index (χ4v) is 2.62. The number of amides is 1. The zero-order valence-corrected chi connectivity index (χ0v) is 17.1. The van der Waals surface area contributed by atoms with Crippen LogP contribution in [0, 0.1) is 6.92 Å². The predicted molar refractivity (Wildman–Crippen MR) is 101 cm³/mol. The molecule has 1 N–H and O–H groups in total. The number of carbonyl (C=O) groups excluding carboxylic acids is 4. The maximum absolute atomic E-state index is 12.2. The van der Waals surface area contributed by atoms with Crippen LogP contribution in [0.1, 0.15) is 50.7 Å². The largest absolute Gasteiger partial charge is 0.573 e. The van der Waals surface area contributed by atoms with E-state index in [-0.39, 0.29) is 34.9 Å². The summed E-state index contributed by atoms with van der Waals surface area (Å²) in [7, 11) is 0. The van der Waals surface area contributed by atoms with E-state index < -0.39 is 42.3 Å². The van der Waals surface area contributed by atoms with E-state index >= 15 is 0 Å². The normalized spacial score (nSPS) is 10.9. The van der Waals surface area contributed by atoms with Crippen molar-refractivity contribution in [2.75, 3.05) is 18.5 Å². The van der Waals surface area contributed by atoms with Crippen LogP contribution in [0.3, 0.4) is 0 Å². The monoisotopic (exact) mass is 457 g/mol. The minimum Gasteiger partial charge on any atom is -0.462 e. The standard InChI is InChI=1S/C20H18F3NO8/c1-4-29-19(28)16-15(10(2)25)11(3)31-17(16)24-14(26)9-30-18(27)12-5-7-13(8-6-12)32-20(21,22)23/h5-8H,4,9H2,1-3H3,(H,24,26). The van der Waals surface area contributed by atoms with Crippen molar-refractivity contribution in [2.45, 2.75) is 27.1 Å². The molecule has 32 heavy (non-hydrogen) atoms. The maximum atomic E-state index is 12.2. The molecular formula is C20H18F3NO8. The highest BCUT2D eigenvalue weighted by atomic mass is 19.4. The summed E-state index contributed by atoms with van der Waals surface area (Å²) < 4.78 is 55.2. The molecule has 1 aromatic heterocycles. The lowest BCUT2D eigenvalue weighted by atomic mass is 10.1. The Morgan fingerprint density at radius 2 is 1.62 bits per heavy atom. The molecule has 0 aliphatic rings. The van der Waals surface area contributed by atoms with Gasteiger partial charge in [-0.15, -0.1) is 13.2 Å². The SMILES string of the molecule is CCOC(=O)c1c(NC(=O)COC(=O)c2ccc(OC(F)(F)F)cc2)oc(C)c1C(C)=O. The highest BCUT2D eigenvalue weighted by Gasteiger charge is 2.31. The number of Topliss-reactive ketones (excluding diaryl/α,β-unsaturated/α-hetero) is 1. The summed E-state index contributed by atoms with van der Waals surface area (Å²) in [4.78, 5) is 48.2. The quantitative estimate of drug-likeness (QED) is 0.471. The van der Waals surface area contributed by atoms with E-state index in [1.165, 1.54) is 13.8 Å². The summed E-state index contributed by atoms with van der Waals surface area (Å²) in [6, 6.07) is 3.86. The van der Waals surface area contributed by atoms with Gasteiger partial charge in [0, 0.05) is 0 Å². The fraction of sp³-hybridized carbons (Fsp3) is 0.300. The van der Waals surface area contributed by atoms with E-state index in [0.717, 1.165) is 24.3 Å². The van der Waals surface area contributed by atoms with Crippen molar-refractivity contribution in [3.63, 3.8) is 0 Å². The molecule has 0 spiro atoms. The molecule has 0 fully saturated rings. The lowest BCUT2D eigenvalue weighted by Gasteiger charge is -2.09. The van der Waals surface area contributed by atoms with Crippen LogP contribution >= 0.6 is 0 Å². The Kier molecular flexibility index (Phi) is 7.63. The van der Waals surface area contributed by atoms with Gasteiger partial charge in [0.1, 0.15) is 17.1 Å². The average Bonchev–Trinajstić information content (AvgIpc) is 3.01. The van der Waals surface area contributed by atoms with Crippen LogP contribution in [0.4, 0.5) is 19.1 Å². The number of ether oxygens (including phenoxy) is 3. The second-order valence-electron chi connectivity index (χ2n) is 6.21. The summed E-state index contributed by atoms with van der Waals surface area (Å²) in [6.45, 7) is 3.38. The van der Waals surface area contributed by atoms with Crippen molar-refractivity contribution in [2.24, 2.45) is 0 Å². The molecule has 1 aromatic carbocycles. The van der Waals surface area contributed by atoms with E-state index in [4.69, 9.17) is 13.9 Å². The van der Waals surface area contributed by atoms with E-state index in [1.807, 2.05) is 0 Å². The number of anilines is 1. The summed E-state index contributed by atoms with van der Waals surface area (Å²) in [6.07, 6.45) is -4.88. The number of carbonyl (C=O) groups is 4. The molecule has 0 atom stereocenters. The zero-order chi connectivity index (χ0) is 24.1. The van der Waals surface area contributed by atoms with Gasteiger partial charge in [0.2, 0.25) is 5.88 Å². The molecule has 1 heterocycles. The third kappa shape index (κ3) is 6.33. The summed E-state index contributed by atoms with van der Waals surface area (Å²) in [5.41, 5.74) is -0.457. The van der Waals surface area contributed by atoms with Gasteiger partial charge in [-0.05, 0) is 45.0 Å². The topological polar surface area (TPSA) is 121 Å². The number of halogens is 3. The summed E-state index contributed by atoms with van der Waals surface area (Å²) in [5, 5.41) is 2.23. The second kappa shape index (κ2) is 9.98. The first-order valence-electron chi connectivity index (χ1n) is 9.07. The van der Waals surface area contributed by atoms with Gasteiger partial charge < -0.3 is 18.6 Å². The van der Waals surface area contributed by atoms with E-state index in [2.05, 4.69) is 10.1 Å². The molecule has 0 radical (unpaired) electrons. The van der Waals surface area contributed by atoms with Gasteiger partial charge in [-0.2, -0.15) is 0 Å². The third-order valence-electron chi connectivity index (χ3n) is 3.83. The van der Waals surface area contributed by atoms with Gasteiger partial charge in [0.05, 0.1) is 17.7 Å². The predicted octanol–water partition coefficient (Wildman–Crippen LogP) is 3.66. The van der Waals surface area contributed by atoms with Gasteiger partial charge in [-0.25, -0.2) is 9.59 Å². The molecule has 0 bridgehead atoms. The molecule has 0 saturated carbocycles. The van der Waals surface area contributed by atoms with Crippen molar-refractivity contribution in [3.8, 4) is 5.75 Å². The molecule has 0 unspecified atom stereocenters. The number of aryl methyl sites for hydroxylation is 1. The van der Waals surface area contributed by atoms with Crippen molar-refractivity contribution in [3.05, 3.63) is 46.7 Å². The molecule has 1 amide bonds. The van der Waals surface area contributed by atoms with Crippen molar-refractivity contribution in [1.29, 1.82) is 0 Å². The second-order valence-corrected chi connectivity index (χ2v) is 6.21. The summed E-state index contributed by atoms with van der Waals surface area (Å²) in [5.74, 6) is -4.07. The molecule has 0 aliphatic carbocycles. The first-order chi connectivity index (χ1) is 14.9. The van der Waals surface area contributed by atoms with Crippen LogP contribution in [0.2, 0.25) is 0 Å². The van der Waals surface area contributed by atoms with Crippen LogP contribution < -0.4 is 10.1 Å². The lowest BCUT2D eigenvalue weighted by molar-refractivity contribution is -0.274. The van der Waals surface area contributed by atoms with Crippen LogP contribution in [0.5, 0.6) is 5.75 Å². The minimum atomic E-state index is -4.88. The Hall–Kier alpha value is -3.83. The van der Waals surface area contributed by atoms with Gasteiger partial charge >= 0.3 is 18.3 Å². The number of hydrogen-bond acceptors (Lipinski definition) is 8. The van der Waals surface area contributed by atoms with Crippen molar-refractivity contribution in [1.82, 2.24) is 0 Å². The van der Waals surface area contributed by atoms with Gasteiger partial charge in [-0.3, -0.25) is 14.9 Å². The Labute approximate surface area is 179 Å². The molecule has 2 aromatic rings. The molecule has 0 aliphatic heterocycles.